The molecule has 0 unspecified atom stereocenters. The Labute approximate surface area is 47.9 Å². The lowest BCUT2D eigenvalue weighted by atomic mass is 10.5. The zero-order valence-corrected chi connectivity index (χ0v) is 4.62. The summed E-state index contributed by atoms with van der Waals surface area (Å²) < 4.78 is 4.89. The number of ether oxygens (including phenoxy) is 1. The minimum Gasteiger partial charge on any atom is -0.484 e. The van der Waals surface area contributed by atoms with Crippen LogP contribution in [0.5, 0.6) is 0 Å². The van der Waals surface area contributed by atoms with Gasteiger partial charge in [0.15, 0.2) is 5.05 Å². The Bertz CT molecular complexity index is 75.8. The molecule has 1 heterocycles. The zero-order valence-electron chi connectivity index (χ0n) is 3.81. The molecule has 39 valence electrons. The maximum Gasteiger partial charge on any atom is 0.173 e. The fraction of sp³-hybridized carbons (Fsp3) is 0.500. The molecular weight excluding hydrogens is 110 g/mol. The summed E-state index contributed by atoms with van der Waals surface area (Å²) in [5.74, 6) is 0. The average Bonchev–Trinajstić information content (AvgIpc) is 1.69. The molecule has 0 aromatic heterocycles. The fourth-order valence-electron chi connectivity index (χ4n) is 0.400. The topological polar surface area (TPSA) is 21.3 Å². The predicted octanol–water partition coefficient (Wildman–Crippen LogP) is 0.0954. The molecule has 0 spiro atoms. The van der Waals surface area contributed by atoms with Crippen LogP contribution in [0.4, 0.5) is 0 Å². The Morgan fingerprint density at radius 1 is 1.86 bits per heavy atom. The standard InChI is InChI=1S/C4H6NOS/c7-4-3-5-1-2-6-4/h1,5H,2-3H2. The number of hydrogen-bond donors (Lipinski definition) is 1. The molecule has 2 nitrogen and oxygen atoms in total. The van der Waals surface area contributed by atoms with E-state index < -0.39 is 0 Å². The van der Waals surface area contributed by atoms with Crippen molar-refractivity contribution in [2.75, 3.05) is 13.2 Å². The van der Waals surface area contributed by atoms with E-state index in [1.807, 2.05) is 6.54 Å². The van der Waals surface area contributed by atoms with E-state index in [1.165, 1.54) is 0 Å². The Morgan fingerprint density at radius 3 is 3.00 bits per heavy atom. The molecule has 1 radical (unpaired) electrons. The van der Waals surface area contributed by atoms with E-state index in [0.717, 1.165) is 0 Å². The smallest absolute Gasteiger partial charge is 0.173 e. The van der Waals surface area contributed by atoms with Crippen molar-refractivity contribution >= 4 is 17.3 Å². The van der Waals surface area contributed by atoms with Gasteiger partial charge in [0, 0.05) is 0 Å². The number of thiocarbonyl (C=S) groups is 1. The van der Waals surface area contributed by atoms with Crippen molar-refractivity contribution in [3.63, 3.8) is 0 Å². The number of hydrogen-bond acceptors (Lipinski definition) is 3. The largest absolute Gasteiger partial charge is 0.484 e. The molecule has 1 aliphatic heterocycles. The van der Waals surface area contributed by atoms with E-state index in [1.54, 1.807) is 0 Å². The molecule has 0 aromatic carbocycles. The van der Waals surface area contributed by atoms with Crippen LogP contribution >= 0.6 is 12.2 Å². The summed E-state index contributed by atoms with van der Waals surface area (Å²) in [6, 6.07) is 0. The normalized spacial score (nSPS) is 21.4. The summed E-state index contributed by atoms with van der Waals surface area (Å²) >= 11 is 4.70. The summed E-state index contributed by atoms with van der Waals surface area (Å²) in [5.41, 5.74) is 0. The lowest BCUT2D eigenvalue weighted by Gasteiger charge is -2.12. The molecule has 0 aromatic rings. The second-order valence-corrected chi connectivity index (χ2v) is 1.72. The molecule has 7 heavy (non-hydrogen) atoms. The van der Waals surface area contributed by atoms with E-state index in [0.29, 0.717) is 18.2 Å². The fourth-order valence-corrected chi connectivity index (χ4v) is 0.551. The molecule has 3 heteroatoms. The lowest BCUT2D eigenvalue weighted by Crippen LogP contribution is -2.29. The van der Waals surface area contributed by atoms with Crippen molar-refractivity contribution in [1.82, 2.24) is 5.32 Å². The minimum atomic E-state index is 0.610. The summed E-state index contributed by atoms with van der Waals surface area (Å²) in [4.78, 5) is 0. The van der Waals surface area contributed by atoms with Crippen molar-refractivity contribution < 1.29 is 4.74 Å². The third-order valence-electron chi connectivity index (χ3n) is 0.718. The van der Waals surface area contributed by atoms with Crippen LogP contribution in [0.25, 0.3) is 0 Å². The second-order valence-electron chi connectivity index (χ2n) is 1.27. The molecular formula is C4H6NOS. The van der Waals surface area contributed by atoms with Gasteiger partial charge in [-0.15, -0.1) is 0 Å². The first-order valence-electron chi connectivity index (χ1n) is 2.10. The van der Waals surface area contributed by atoms with E-state index in [2.05, 4.69) is 5.32 Å². The minimum absolute atomic E-state index is 0.610. The van der Waals surface area contributed by atoms with Crippen LogP contribution in [0.2, 0.25) is 0 Å². The maximum absolute atomic E-state index is 4.89. The van der Waals surface area contributed by atoms with Gasteiger partial charge in [-0.3, -0.25) is 0 Å². The molecule has 0 bridgehead atoms. The van der Waals surface area contributed by atoms with Gasteiger partial charge in [-0.25, -0.2) is 0 Å². The van der Waals surface area contributed by atoms with Crippen molar-refractivity contribution in [2.24, 2.45) is 0 Å². The van der Waals surface area contributed by atoms with Gasteiger partial charge in [-0.2, -0.15) is 0 Å². The molecule has 1 aliphatic rings. The first-order valence-corrected chi connectivity index (χ1v) is 2.51. The summed E-state index contributed by atoms with van der Waals surface area (Å²) in [6.45, 7) is 3.14. The van der Waals surface area contributed by atoms with Gasteiger partial charge >= 0.3 is 0 Å². The first-order chi connectivity index (χ1) is 3.39. The van der Waals surface area contributed by atoms with Gasteiger partial charge in [0.1, 0.15) is 6.61 Å². The first kappa shape index (κ1) is 5.00. The van der Waals surface area contributed by atoms with Crippen LogP contribution < -0.4 is 5.32 Å². The van der Waals surface area contributed by atoms with Gasteiger partial charge < -0.3 is 10.1 Å². The van der Waals surface area contributed by atoms with Crippen molar-refractivity contribution in [2.45, 2.75) is 0 Å². The van der Waals surface area contributed by atoms with Crippen LogP contribution in [0, 0.1) is 6.54 Å². The quantitative estimate of drug-likeness (QED) is 0.453. The highest BCUT2D eigenvalue weighted by atomic mass is 32.1. The van der Waals surface area contributed by atoms with E-state index in [-0.39, 0.29) is 0 Å². The summed E-state index contributed by atoms with van der Waals surface area (Å²) in [6.07, 6.45) is 0. The van der Waals surface area contributed by atoms with Gasteiger partial charge in [-0.1, -0.05) is 0 Å². The lowest BCUT2D eigenvalue weighted by molar-refractivity contribution is 0.308. The van der Waals surface area contributed by atoms with Crippen molar-refractivity contribution in [3.8, 4) is 0 Å². The molecule has 0 saturated carbocycles. The third kappa shape index (κ3) is 1.41. The molecule has 1 fully saturated rings. The Hall–Kier alpha value is -0.150. The Balaban J connectivity index is 2.25. The van der Waals surface area contributed by atoms with Gasteiger partial charge in [-0.05, 0) is 12.2 Å². The van der Waals surface area contributed by atoms with Gasteiger partial charge in [0.2, 0.25) is 0 Å². The third-order valence-corrected chi connectivity index (χ3v) is 0.981. The number of morpholine rings is 1. The highest BCUT2D eigenvalue weighted by Crippen LogP contribution is 1.88. The number of rotatable bonds is 0. The molecule has 1 saturated heterocycles. The molecule has 1 rings (SSSR count). The van der Waals surface area contributed by atoms with E-state index in [4.69, 9.17) is 17.0 Å². The molecule has 0 atom stereocenters. The summed E-state index contributed by atoms with van der Waals surface area (Å²) in [7, 11) is 0. The Morgan fingerprint density at radius 2 is 2.71 bits per heavy atom. The van der Waals surface area contributed by atoms with Crippen LogP contribution in [0.15, 0.2) is 0 Å². The van der Waals surface area contributed by atoms with Crippen molar-refractivity contribution in [3.05, 3.63) is 6.54 Å². The highest BCUT2D eigenvalue weighted by molar-refractivity contribution is 7.80. The van der Waals surface area contributed by atoms with Gasteiger partial charge in [0.05, 0.1) is 13.1 Å². The zero-order chi connectivity index (χ0) is 5.11. The van der Waals surface area contributed by atoms with Crippen LogP contribution in [-0.4, -0.2) is 18.2 Å². The monoisotopic (exact) mass is 116 g/mol. The van der Waals surface area contributed by atoms with Crippen LogP contribution in [0.3, 0.4) is 0 Å². The molecule has 0 aliphatic carbocycles. The summed E-state index contributed by atoms with van der Waals surface area (Å²) in [5, 5.41) is 3.60. The molecule has 1 N–H and O–H groups in total. The van der Waals surface area contributed by atoms with E-state index in [9.17, 15) is 0 Å². The average molecular weight is 116 g/mol. The van der Waals surface area contributed by atoms with Crippen LogP contribution in [0.1, 0.15) is 0 Å². The van der Waals surface area contributed by atoms with Crippen LogP contribution in [-0.2, 0) is 4.74 Å². The van der Waals surface area contributed by atoms with E-state index >= 15 is 0 Å². The van der Waals surface area contributed by atoms with Crippen molar-refractivity contribution in [1.29, 1.82) is 0 Å². The highest BCUT2D eigenvalue weighted by Gasteiger charge is 2.01. The predicted molar refractivity (Wildman–Crippen MR) is 30.9 cm³/mol. The molecule has 0 amide bonds. The maximum atomic E-state index is 4.89. The second kappa shape index (κ2) is 2.23. The Kier molecular flexibility index (Phi) is 1.59. The number of nitrogens with one attached hydrogen (secondary N) is 1. The SMILES string of the molecule is S=C1CN[CH]CO1. The van der Waals surface area contributed by atoms with Gasteiger partial charge in [0.25, 0.3) is 0 Å².